The third kappa shape index (κ3) is 3.61. The van der Waals surface area contributed by atoms with Crippen LogP contribution in [-0.4, -0.2) is 34.5 Å². The molecule has 7 heteroatoms. The van der Waals surface area contributed by atoms with Crippen LogP contribution in [0.1, 0.15) is 28.5 Å². The molecule has 2 aromatic rings. The summed E-state index contributed by atoms with van der Waals surface area (Å²) in [6, 6.07) is 3.12. The Morgan fingerprint density at radius 3 is 2.74 bits per heavy atom. The number of aromatic nitrogens is 2. The molecule has 0 fully saturated rings. The Balaban J connectivity index is 2.17. The van der Waals surface area contributed by atoms with Gasteiger partial charge in [-0.05, 0) is 32.9 Å². The molecule has 2 aromatic heterocycles. The molecule has 2 rings (SSSR count). The van der Waals surface area contributed by atoms with Crippen LogP contribution in [0.25, 0.3) is 0 Å². The van der Waals surface area contributed by atoms with E-state index >= 15 is 0 Å². The minimum absolute atomic E-state index is 0.0287. The summed E-state index contributed by atoms with van der Waals surface area (Å²) in [5.41, 5.74) is 0.589. The van der Waals surface area contributed by atoms with Crippen LogP contribution in [0.5, 0.6) is 5.75 Å². The van der Waals surface area contributed by atoms with Crippen molar-refractivity contribution >= 4 is 17.2 Å². The number of ether oxygens (including phenoxy) is 1. The molecular weight excluding hydrogens is 314 g/mol. The number of aryl methyl sites for hydroxylation is 2. The summed E-state index contributed by atoms with van der Waals surface area (Å²) in [6.07, 6.45) is 1.58. The largest absolute Gasteiger partial charge is 0.491 e. The van der Waals surface area contributed by atoms with Crippen molar-refractivity contribution in [3.63, 3.8) is 0 Å². The quantitative estimate of drug-likeness (QED) is 0.840. The van der Waals surface area contributed by atoms with Crippen molar-refractivity contribution in [2.45, 2.75) is 33.4 Å². The monoisotopic (exact) mass is 335 g/mol. The van der Waals surface area contributed by atoms with E-state index < -0.39 is 0 Å². The van der Waals surface area contributed by atoms with Crippen molar-refractivity contribution in [2.24, 2.45) is 0 Å². The van der Waals surface area contributed by atoms with Crippen molar-refractivity contribution in [1.29, 1.82) is 0 Å². The summed E-state index contributed by atoms with van der Waals surface area (Å²) in [4.78, 5) is 31.8. The topological polar surface area (TPSA) is 64.4 Å². The van der Waals surface area contributed by atoms with E-state index in [0.29, 0.717) is 0 Å². The highest BCUT2D eigenvalue weighted by atomic mass is 32.1. The van der Waals surface area contributed by atoms with Gasteiger partial charge in [0.25, 0.3) is 5.56 Å². The van der Waals surface area contributed by atoms with Crippen LogP contribution in [0, 0.1) is 13.8 Å². The normalized spacial score (nSPS) is 12.0. The molecule has 0 aliphatic heterocycles. The van der Waals surface area contributed by atoms with Crippen molar-refractivity contribution in [1.82, 2.24) is 14.5 Å². The Bertz CT molecular complexity index is 766. The number of amides is 1. The van der Waals surface area contributed by atoms with Crippen molar-refractivity contribution < 1.29 is 9.53 Å². The molecule has 0 saturated heterocycles. The lowest BCUT2D eigenvalue weighted by Crippen LogP contribution is -2.35. The van der Waals surface area contributed by atoms with Gasteiger partial charge in [-0.2, -0.15) is 0 Å². The highest BCUT2D eigenvalue weighted by molar-refractivity contribution is 7.11. The summed E-state index contributed by atoms with van der Waals surface area (Å²) < 4.78 is 6.35. The maximum absolute atomic E-state index is 12.5. The second-order valence-corrected chi connectivity index (χ2v) is 6.77. The first-order valence-corrected chi connectivity index (χ1v) is 8.09. The molecule has 0 N–H and O–H groups in total. The molecule has 0 aliphatic carbocycles. The van der Waals surface area contributed by atoms with Gasteiger partial charge in [-0.25, -0.2) is 4.98 Å². The van der Waals surface area contributed by atoms with Crippen LogP contribution in [0.2, 0.25) is 0 Å². The van der Waals surface area contributed by atoms with Gasteiger partial charge in [0.1, 0.15) is 6.54 Å². The molecule has 0 spiro atoms. The highest BCUT2D eigenvalue weighted by Crippen LogP contribution is 2.26. The smallest absolute Gasteiger partial charge is 0.293 e. The first-order chi connectivity index (χ1) is 10.8. The molecule has 2 heterocycles. The summed E-state index contributed by atoms with van der Waals surface area (Å²) >= 11 is 1.62. The van der Waals surface area contributed by atoms with Crippen molar-refractivity contribution in [2.75, 3.05) is 14.2 Å². The Kier molecular flexibility index (Phi) is 5.20. The summed E-state index contributed by atoms with van der Waals surface area (Å²) in [6.45, 7) is 5.86. The predicted octanol–water partition coefficient (Wildman–Crippen LogP) is 2.15. The maximum atomic E-state index is 12.5. The fourth-order valence-corrected chi connectivity index (χ4v) is 3.29. The maximum Gasteiger partial charge on any atom is 0.293 e. The van der Waals surface area contributed by atoms with E-state index in [1.54, 1.807) is 41.6 Å². The standard InChI is InChI=1S/C16H21N3O3S/c1-10(15-11(2)23-12(3)17-15)18(4)14(20)9-19-8-6-7-13(22-5)16(19)21/h6-8,10H,9H2,1-5H3/t10-/m0/s1. The molecule has 0 unspecified atom stereocenters. The molecule has 0 aromatic carbocycles. The Labute approximate surface area is 139 Å². The zero-order valence-corrected chi connectivity index (χ0v) is 14.8. The average molecular weight is 335 g/mol. The number of carbonyl (C=O) groups excluding carboxylic acids is 1. The lowest BCUT2D eigenvalue weighted by atomic mass is 10.2. The van der Waals surface area contributed by atoms with Gasteiger partial charge in [-0.3, -0.25) is 9.59 Å². The predicted molar refractivity (Wildman–Crippen MR) is 90.0 cm³/mol. The van der Waals surface area contributed by atoms with Crippen LogP contribution in [0.15, 0.2) is 23.1 Å². The van der Waals surface area contributed by atoms with Gasteiger partial charge < -0.3 is 14.2 Å². The molecule has 0 saturated carbocycles. The van der Waals surface area contributed by atoms with Crippen LogP contribution in [0.4, 0.5) is 0 Å². The number of likely N-dealkylation sites (N-methyl/N-ethyl adjacent to an activating group) is 1. The number of hydrogen-bond acceptors (Lipinski definition) is 5. The van der Waals surface area contributed by atoms with Gasteiger partial charge in [0.05, 0.1) is 23.9 Å². The number of nitrogens with zero attached hydrogens (tertiary/aromatic N) is 3. The van der Waals surface area contributed by atoms with Gasteiger partial charge in [-0.1, -0.05) is 0 Å². The van der Waals surface area contributed by atoms with Crippen LogP contribution in [0.3, 0.4) is 0 Å². The number of hydrogen-bond donors (Lipinski definition) is 0. The number of carbonyl (C=O) groups is 1. The summed E-state index contributed by atoms with van der Waals surface area (Å²) in [5.74, 6) is 0.0693. The number of rotatable bonds is 5. The van der Waals surface area contributed by atoms with Gasteiger partial charge in [0.15, 0.2) is 5.75 Å². The SMILES string of the molecule is COc1cccn(CC(=O)N(C)[C@@H](C)c2nc(C)sc2C)c1=O. The van der Waals surface area contributed by atoms with Gasteiger partial charge in [0.2, 0.25) is 5.91 Å². The summed E-state index contributed by atoms with van der Waals surface area (Å²) in [5, 5.41) is 0.981. The minimum atomic E-state index is -0.315. The first kappa shape index (κ1) is 17.2. The van der Waals surface area contributed by atoms with Crippen LogP contribution < -0.4 is 10.3 Å². The average Bonchev–Trinajstić information content (AvgIpc) is 2.86. The zero-order valence-electron chi connectivity index (χ0n) is 14.0. The van der Waals surface area contributed by atoms with E-state index in [0.717, 1.165) is 15.6 Å². The van der Waals surface area contributed by atoms with E-state index in [2.05, 4.69) is 4.98 Å². The molecule has 1 atom stereocenters. The Hall–Kier alpha value is -2.15. The first-order valence-electron chi connectivity index (χ1n) is 7.28. The fourth-order valence-electron chi connectivity index (χ4n) is 2.38. The van der Waals surface area contributed by atoms with Gasteiger partial charge in [-0.15, -0.1) is 11.3 Å². The second-order valence-electron chi connectivity index (χ2n) is 5.36. The van der Waals surface area contributed by atoms with Crippen LogP contribution in [-0.2, 0) is 11.3 Å². The van der Waals surface area contributed by atoms with Gasteiger partial charge >= 0.3 is 0 Å². The molecule has 6 nitrogen and oxygen atoms in total. The van der Waals surface area contributed by atoms with Gasteiger partial charge in [0, 0.05) is 18.1 Å². The third-order valence-corrected chi connectivity index (χ3v) is 4.72. The fraction of sp³-hybridized carbons (Fsp3) is 0.438. The summed E-state index contributed by atoms with van der Waals surface area (Å²) in [7, 11) is 3.16. The van der Waals surface area contributed by atoms with E-state index in [1.807, 2.05) is 20.8 Å². The molecule has 124 valence electrons. The molecule has 0 bridgehead atoms. The number of methoxy groups -OCH3 is 1. The Morgan fingerprint density at radius 1 is 1.48 bits per heavy atom. The zero-order chi connectivity index (χ0) is 17.1. The molecule has 0 radical (unpaired) electrons. The minimum Gasteiger partial charge on any atom is -0.491 e. The van der Waals surface area contributed by atoms with E-state index in [1.165, 1.54) is 11.7 Å². The molecule has 1 amide bonds. The number of pyridine rings is 1. The van der Waals surface area contributed by atoms with Crippen LogP contribution >= 0.6 is 11.3 Å². The van der Waals surface area contributed by atoms with E-state index in [4.69, 9.17) is 4.74 Å². The Morgan fingerprint density at radius 2 is 2.17 bits per heavy atom. The lowest BCUT2D eigenvalue weighted by Gasteiger charge is -2.24. The van der Waals surface area contributed by atoms with E-state index in [9.17, 15) is 9.59 Å². The molecule has 23 heavy (non-hydrogen) atoms. The molecular formula is C16H21N3O3S. The molecule has 0 aliphatic rings. The number of thiazole rings is 1. The highest BCUT2D eigenvalue weighted by Gasteiger charge is 2.22. The third-order valence-electron chi connectivity index (χ3n) is 3.82. The van der Waals surface area contributed by atoms with Crippen molar-refractivity contribution in [3.8, 4) is 5.75 Å². The van der Waals surface area contributed by atoms with Crippen molar-refractivity contribution in [3.05, 3.63) is 44.3 Å². The second kappa shape index (κ2) is 6.95. The lowest BCUT2D eigenvalue weighted by molar-refractivity contribution is -0.132. The van der Waals surface area contributed by atoms with E-state index in [-0.39, 0.29) is 29.8 Å².